The Kier molecular flexibility index (Phi) is 5.82. The van der Waals surface area contributed by atoms with Gasteiger partial charge in [-0.05, 0) is 44.6 Å². The van der Waals surface area contributed by atoms with Crippen molar-refractivity contribution in [2.45, 2.75) is 57.3 Å². The number of aromatic nitrogens is 2. The molecule has 1 aliphatic heterocycles. The average molecular weight is 400 g/mol. The molecule has 0 bridgehead atoms. The number of benzene rings is 1. The van der Waals surface area contributed by atoms with Crippen LogP contribution in [0.5, 0.6) is 5.75 Å². The molecule has 3 N–H and O–H groups in total. The Morgan fingerprint density at radius 3 is 2.72 bits per heavy atom. The van der Waals surface area contributed by atoms with E-state index in [0.717, 1.165) is 36.6 Å². The lowest BCUT2D eigenvalue weighted by Gasteiger charge is -2.26. The van der Waals surface area contributed by atoms with Gasteiger partial charge in [-0.15, -0.1) is 0 Å². The number of hydrogen-bond donors (Lipinski definition) is 3. The van der Waals surface area contributed by atoms with Crippen molar-refractivity contribution in [3.8, 4) is 5.75 Å². The van der Waals surface area contributed by atoms with Crippen molar-refractivity contribution in [1.29, 1.82) is 0 Å². The number of nitrogens with zero attached hydrogens (tertiary/aromatic N) is 3. The molecule has 0 spiro atoms. The van der Waals surface area contributed by atoms with E-state index >= 15 is 0 Å². The maximum atomic E-state index is 12.4. The number of β-amino-alcohol motifs (C(OH)–C–C–N with tert-alkyl or cyclic N) is 1. The molecule has 1 aromatic heterocycles. The minimum atomic E-state index is -0.444. The smallest absolute Gasteiger partial charge is 0.260 e. The largest absolute Gasteiger partial charge is 0.481 e. The van der Waals surface area contributed by atoms with Crippen LogP contribution >= 0.6 is 0 Å². The van der Waals surface area contributed by atoms with Gasteiger partial charge in [0.15, 0.2) is 6.61 Å². The lowest BCUT2D eigenvalue weighted by atomic mass is 9.93. The fraction of sp³-hybridized carbons (Fsp3) is 0.571. The molecular formula is C21H28N4O4. The van der Waals surface area contributed by atoms with E-state index in [1.54, 1.807) is 11.1 Å². The van der Waals surface area contributed by atoms with Crippen LogP contribution in [0.2, 0.25) is 0 Å². The van der Waals surface area contributed by atoms with Crippen molar-refractivity contribution < 1.29 is 19.7 Å². The number of carbonyl (C=O) groups is 1. The number of aliphatic hydroxyl groups excluding tert-OH is 2. The Bertz CT molecular complexity index is 882. The van der Waals surface area contributed by atoms with Gasteiger partial charge in [0.25, 0.3) is 5.91 Å². The molecule has 8 heteroatoms. The number of aliphatic hydroxyl groups is 2. The number of nitrogens with one attached hydrogen (secondary N) is 1. The molecule has 1 aliphatic carbocycles. The van der Waals surface area contributed by atoms with Crippen molar-refractivity contribution in [2.24, 2.45) is 0 Å². The predicted octanol–water partition coefficient (Wildman–Crippen LogP) is 1.63. The molecule has 1 amide bonds. The summed E-state index contributed by atoms with van der Waals surface area (Å²) in [6.07, 6.45) is 5.06. The maximum absolute atomic E-state index is 12.4. The second kappa shape index (κ2) is 8.51. The van der Waals surface area contributed by atoms with Gasteiger partial charge in [0.2, 0.25) is 5.95 Å². The summed E-state index contributed by atoms with van der Waals surface area (Å²) in [4.78, 5) is 23.1. The molecule has 1 saturated carbocycles. The third kappa shape index (κ3) is 4.59. The molecule has 2 aliphatic rings. The minimum absolute atomic E-state index is 0.0834. The number of ether oxygens (including phenoxy) is 1. The maximum Gasteiger partial charge on any atom is 0.260 e. The van der Waals surface area contributed by atoms with Gasteiger partial charge in [0.05, 0.1) is 12.2 Å². The molecule has 1 unspecified atom stereocenters. The van der Waals surface area contributed by atoms with E-state index in [4.69, 9.17) is 4.74 Å². The number of amides is 1. The normalized spacial score (nSPS) is 24.7. The van der Waals surface area contributed by atoms with E-state index in [-0.39, 0.29) is 24.7 Å². The SMILES string of the molecule is Cc1ccc2cnc(NC3CCC(O)CC3)nc2c1OCC(=O)N1CCC(O)C1. The first-order valence-corrected chi connectivity index (χ1v) is 10.3. The van der Waals surface area contributed by atoms with Crippen molar-refractivity contribution in [3.63, 3.8) is 0 Å². The summed E-state index contributed by atoms with van der Waals surface area (Å²) in [6.45, 7) is 2.77. The van der Waals surface area contributed by atoms with Gasteiger partial charge >= 0.3 is 0 Å². The number of rotatable bonds is 5. The Labute approximate surface area is 169 Å². The van der Waals surface area contributed by atoms with Crippen molar-refractivity contribution in [3.05, 3.63) is 23.9 Å². The van der Waals surface area contributed by atoms with E-state index in [1.165, 1.54) is 0 Å². The van der Waals surface area contributed by atoms with Gasteiger partial charge in [-0.3, -0.25) is 4.79 Å². The highest BCUT2D eigenvalue weighted by Crippen LogP contribution is 2.29. The minimum Gasteiger partial charge on any atom is -0.481 e. The van der Waals surface area contributed by atoms with Crippen molar-refractivity contribution >= 4 is 22.8 Å². The summed E-state index contributed by atoms with van der Waals surface area (Å²) in [5, 5.41) is 23.5. The van der Waals surface area contributed by atoms with Crippen molar-refractivity contribution in [1.82, 2.24) is 14.9 Å². The first-order valence-electron chi connectivity index (χ1n) is 10.3. The zero-order chi connectivity index (χ0) is 20.4. The lowest BCUT2D eigenvalue weighted by molar-refractivity contribution is -0.132. The second-order valence-corrected chi connectivity index (χ2v) is 8.06. The lowest BCUT2D eigenvalue weighted by Crippen LogP contribution is -2.33. The van der Waals surface area contributed by atoms with Crippen LogP contribution in [0, 0.1) is 6.92 Å². The van der Waals surface area contributed by atoms with Gasteiger partial charge < -0.3 is 25.2 Å². The molecule has 1 atom stereocenters. The molecular weight excluding hydrogens is 372 g/mol. The fourth-order valence-corrected chi connectivity index (χ4v) is 4.02. The van der Waals surface area contributed by atoms with Crippen LogP contribution in [0.3, 0.4) is 0 Å². The summed E-state index contributed by atoms with van der Waals surface area (Å²) >= 11 is 0. The van der Waals surface area contributed by atoms with Crippen LogP contribution in [-0.4, -0.2) is 68.9 Å². The van der Waals surface area contributed by atoms with Crippen LogP contribution in [0.4, 0.5) is 5.95 Å². The summed E-state index contributed by atoms with van der Waals surface area (Å²) in [7, 11) is 0. The molecule has 2 fully saturated rings. The van der Waals surface area contributed by atoms with Crippen LogP contribution < -0.4 is 10.1 Å². The standard InChI is InChI=1S/C21H28N4O4/c1-13-2-3-14-10-22-21(23-15-4-6-16(26)7-5-15)24-19(14)20(13)29-12-18(28)25-9-8-17(27)11-25/h2-3,10,15-17,26-27H,4-9,11-12H2,1H3,(H,22,23,24). The highest BCUT2D eigenvalue weighted by Gasteiger charge is 2.25. The second-order valence-electron chi connectivity index (χ2n) is 8.06. The average Bonchev–Trinajstić information content (AvgIpc) is 3.15. The zero-order valence-electron chi connectivity index (χ0n) is 16.7. The molecule has 4 rings (SSSR count). The number of aryl methyl sites for hydroxylation is 1. The van der Waals surface area contributed by atoms with E-state index in [9.17, 15) is 15.0 Å². The number of likely N-dealkylation sites (tertiary alicyclic amines) is 1. The fourth-order valence-electron chi connectivity index (χ4n) is 4.02. The first-order chi connectivity index (χ1) is 14.0. The highest BCUT2D eigenvalue weighted by atomic mass is 16.5. The third-order valence-corrected chi connectivity index (χ3v) is 5.79. The molecule has 0 radical (unpaired) electrons. The number of anilines is 1. The van der Waals surface area contributed by atoms with Crippen LogP contribution in [-0.2, 0) is 4.79 Å². The monoisotopic (exact) mass is 400 g/mol. The third-order valence-electron chi connectivity index (χ3n) is 5.79. The van der Waals surface area contributed by atoms with Crippen LogP contribution in [0.15, 0.2) is 18.3 Å². The summed E-state index contributed by atoms with van der Waals surface area (Å²) in [5.74, 6) is 0.981. The van der Waals surface area contributed by atoms with E-state index in [1.807, 2.05) is 19.1 Å². The van der Waals surface area contributed by atoms with Gasteiger partial charge in [-0.1, -0.05) is 12.1 Å². The number of fused-ring (bicyclic) bond motifs is 1. The van der Waals surface area contributed by atoms with Gasteiger partial charge in [0, 0.05) is 30.7 Å². The number of carbonyl (C=O) groups excluding carboxylic acids is 1. The summed E-state index contributed by atoms with van der Waals surface area (Å²) in [6, 6.07) is 4.12. The van der Waals surface area contributed by atoms with Crippen LogP contribution in [0.1, 0.15) is 37.7 Å². The summed E-state index contributed by atoms with van der Waals surface area (Å²) in [5.41, 5.74) is 1.57. The molecule has 1 aromatic carbocycles. The Balaban J connectivity index is 1.50. The summed E-state index contributed by atoms with van der Waals surface area (Å²) < 4.78 is 5.89. The first kappa shape index (κ1) is 19.8. The van der Waals surface area contributed by atoms with Gasteiger partial charge in [0.1, 0.15) is 11.3 Å². The molecule has 2 heterocycles. The Morgan fingerprint density at radius 1 is 1.21 bits per heavy atom. The number of hydrogen-bond acceptors (Lipinski definition) is 7. The van der Waals surface area contributed by atoms with E-state index < -0.39 is 6.10 Å². The molecule has 29 heavy (non-hydrogen) atoms. The predicted molar refractivity (Wildman–Crippen MR) is 109 cm³/mol. The molecule has 156 valence electrons. The van der Waals surface area contributed by atoms with E-state index in [2.05, 4.69) is 15.3 Å². The van der Waals surface area contributed by atoms with Crippen molar-refractivity contribution in [2.75, 3.05) is 25.0 Å². The van der Waals surface area contributed by atoms with Gasteiger partial charge in [-0.25, -0.2) is 9.97 Å². The Hall–Kier alpha value is -2.45. The molecule has 1 saturated heterocycles. The molecule has 8 nitrogen and oxygen atoms in total. The zero-order valence-corrected chi connectivity index (χ0v) is 16.7. The quantitative estimate of drug-likeness (QED) is 0.700. The van der Waals surface area contributed by atoms with Crippen LogP contribution in [0.25, 0.3) is 10.9 Å². The van der Waals surface area contributed by atoms with Gasteiger partial charge in [-0.2, -0.15) is 0 Å². The highest BCUT2D eigenvalue weighted by molar-refractivity contribution is 5.87. The molecule has 2 aromatic rings. The topological polar surface area (TPSA) is 108 Å². The van der Waals surface area contributed by atoms with E-state index in [0.29, 0.717) is 36.7 Å². The Morgan fingerprint density at radius 2 is 2.00 bits per heavy atom.